The second-order valence-corrected chi connectivity index (χ2v) is 9.53. The maximum Gasteiger partial charge on any atom is 0.411 e. The molecule has 2 aromatic carbocycles. The fourth-order valence-electron chi connectivity index (χ4n) is 4.60. The smallest absolute Gasteiger partial charge is 0.411 e. The van der Waals surface area contributed by atoms with Crippen LogP contribution in [0.4, 0.5) is 10.5 Å². The molecule has 3 aromatic rings. The molecule has 0 saturated carbocycles. The van der Waals surface area contributed by atoms with Gasteiger partial charge in [-0.25, -0.2) is 4.79 Å². The highest BCUT2D eigenvalue weighted by Crippen LogP contribution is 2.27. The lowest BCUT2D eigenvalue weighted by Gasteiger charge is -2.33. The van der Waals surface area contributed by atoms with Crippen molar-refractivity contribution in [1.82, 2.24) is 14.8 Å². The number of hydrogen-bond donors (Lipinski definition) is 2. The molecular formula is C27H36N4O2. The number of carboxylic acid groups (broad SMARTS) is 1. The number of fused-ring (bicyclic) bond motifs is 1. The van der Waals surface area contributed by atoms with Crippen molar-refractivity contribution in [3.8, 4) is 0 Å². The first-order valence-electron chi connectivity index (χ1n) is 12.0. The Bertz CT molecular complexity index is 1080. The van der Waals surface area contributed by atoms with Gasteiger partial charge in [-0.05, 0) is 60.7 Å². The Hall–Kier alpha value is -2.83. The standard InChI is InChI=1S/C27H36N4O2/c1-20(2)23-16-21(8-9-22-19-28-26-7-5-4-6-25(22)26)17-24(18-23)31(27(32)33)15-14-30-12-10-29(3)11-13-30/h4-7,16-20,28H,8-15H2,1-3H3,(H,32,33). The van der Waals surface area contributed by atoms with Crippen LogP contribution in [0.3, 0.4) is 0 Å². The van der Waals surface area contributed by atoms with Gasteiger partial charge in [0.15, 0.2) is 0 Å². The molecule has 1 aliphatic rings. The second-order valence-electron chi connectivity index (χ2n) is 9.53. The number of likely N-dealkylation sites (N-methyl/N-ethyl adjacent to an activating group) is 1. The van der Waals surface area contributed by atoms with Crippen LogP contribution in [0, 0.1) is 0 Å². The van der Waals surface area contributed by atoms with Crippen molar-refractivity contribution >= 4 is 22.7 Å². The van der Waals surface area contributed by atoms with Gasteiger partial charge in [0.1, 0.15) is 0 Å². The van der Waals surface area contributed by atoms with Gasteiger partial charge in [0.25, 0.3) is 0 Å². The SMILES string of the molecule is CC(C)c1cc(CCc2c[nH]c3ccccc23)cc(N(CCN2CCN(C)CC2)C(=O)O)c1. The predicted octanol–water partition coefficient (Wildman–Crippen LogP) is 4.81. The van der Waals surface area contributed by atoms with Gasteiger partial charge >= 0.3 is 6.09 Å². The summed E-state index contributed by atoms with van der Waals surface area (Å²) in [7, 11) is 2.14. The lowest BCUT2D eigenvalue weighted by Crippen LogP contribution is -2.47. The van der Waals surface area contributed by atoms with Gasteiger partial charge in [0, 0.05) is 62.1 Å². The molecule has 0 bridgehead atoms. The van der Waals surface area contributed by atoms with E-state index in [1.807, 2.05) is 6.07 Å². The number of para-hydroxylation sites is 1. The van der Waals surface area contributed by atoms with E-state index >= 15 is 0 Å². The van der Waals surface area contributed by atoms with Gasteiger partial charge in [-0.2, -0.15) is 0 Å². The number of aromatic nitrogens is 1. The molecule has 0 radical (unpaired) electrons. The van der Waals surface area contributed by atoms with Crippen molar-refractivity contribution in [2.75, 3.05) is 51.2 Å². The van der Waals surface area contributed by atoms with Gasteiger partial charge in [0.2, 0.25) is 0 Å². The van der Waals surface area contributed by atoms with Crippen molar-refractivity contribution < 1.29 is 9.90 Å². The van der Waals surface area contributed by atoms with Gasteiger partial charge < -0.3 is 15.0 Å². The summed E-state index contributed by atoms with van der Waals surface area (Å²) in [6.07, 6.45) is 3.01. The van der Waals surface area contributed by atoms with Gasteiger partial charge in [-0.15, -0.1) is 0 Å². The zero-order chi connectivity index (χ0) is 23.4. The lowest BCUT2D eigenvalue weighted by molar-refractivity contribution is 0.155. The minimum absolute atomic E-state index is 0.338. The monoisotopic (exact) mass is 448 g/mol. The lowest BCUT2D eigenvalue weighted by atomic mass is 9.96. The third-order valence-corrected chi connectivity index (χ3v) is 6.80. The molecule has 1 amide bonds. The molecule has 1 fully saturated rings. The Morgan fingerprint density at radius 2 is 1.85 bits per heavy atom. The minimum Gasteiger partial charge on any atom is -0.465 e. The molecule has 2 heterocycles. The summed E-state index contributed by atoms with van der Waals surface area (Å²) in [5.74, 6) is 0.338. The van der Waals surface area contributed by atoms with E-state index in [2.05, 4.69) is 78.3 Å². The van der Waals surface area contributed by atoms with Crippen LogP contribution in [0.25, 0.3) is 10.9 Å². The minimum atomic E-state index is -0.882. The van der Waals surface area contributed by atoms with Crippen LogP contribution >= 0.6 is 0 Å². The van der Waals surface area contributed by atoms with Crippen molar-refractivity contribution in [1.29, 1.82) is 0 Å². The summed E-state index contributed by atoms with van der Waals surface area (Å²) >= 11 is 0. The number of anilines is 1. The Morgan fingerprint density at radius 3 is 2.58 bits per heavy atom. The number of carbonyl (C=O) groups is 1. The predicted molar refractivity (Wildman–Crippen MR) is 136 cm³/mol. The Morgan fingerprint density at radius 1 is 1.09 bits per heavy atom. The number of nitrogens with zero attached hydrogens (tertiary/aromatic N) is 3. The molecule has 1 aromatic heterocycles. The van der Waals surface area contributed by atoms with Crippen LogP contribution in [0.15, 0.2) is 48.7 Å². The molecule has 4 rings (SSSR count). The third kappa shape index (κ3) is 5.75. The van der Waals surface area contributed by atoms with Crippen LogP contribution in [-0.4, -0.2) is 72.3 Å². The van der Waals surface area contributed by atoms with Crippen LogP contribution < -0.4 is 4.90 Å². The van der Waals surface area contributed by atoms with E-state index in [0.717, 1.165) is 56.8 Å². The quantitative estimate of drug-likeness (QED) is 0.519. The summed E-state index contributed by atoms with van der Waals surface area (Å²) in [5, 5.41) is 11.3. The van der Waals surface area contributed by atoms with E-state index in [1.54, 1.807) is 0 Å². The fourth-order valence-corrected chi connectivity index (χ4v) is 4.60. The summed E-state index contributed by atoms with van der Waals surface area (Å²) in [4.78, 5) is 21.8. The highest BCUT2D eigenvalue weighted by molar-refractivity contribution is 5.86. The van der Waals surface area contributed by atoms with Crippen molar-refractivity contribution in [3.63, 3.8) is 0 Å². The fraction of sp³-hybridized carbons (Fsp3) is 0.444. The maximum absolute atomic E-state index is 12.2. The number of aromatic amines is 1. The van der Waals surface area contributed by atoms with Gasteiger partial charge in [-0.3, -0.25) is 9.80 Å². The second kappa shape index (κ2) is 10.4. The first-order chi connectivity index (χ1) is 15.9. The number of piperazine rings is 1. The number of H-pyrrole nitrogens is 1. The van der Waals surface area contributed by atoms with E-state index in [9.17, 15) is 9.90 Å². The highest BCUT2D eigenvalue weighted by Gasteiger charge is 2.20. The molecule has 6 heteroatoms. The van der Waals surface area contributed by atoms with Crippen molar-refractivity contribution in [3.05, 3.63) is 65.4 Å². The number of nitrogens with one attached hydrogen (secondary N) is 1. The summed E-state index contributed by atoms with van der Waals surface area (Å²) < 4.78 is 0. The highest BCUT2D eigenvalue weighted by atomic mass is 16.4. The van der Waals surface area contributed by atoms with Gasteiger partial charge in [0.05, 0.1) is 0 Å². The average Bonchev–Trinajstić information content (AvgIpc) is 3.22. The summed E-state index contributed by atoms with van der Waals surface area (Å²) in [6, 6.07) is 14.7. The van der Waals surface area contributed by atoms with Crippen LogP contribution in [0.1, 0.15) is 36.5 Å². The number of amides is 1. The molecule has 6 nitrogen and oxygen atoms in total. The normalized spacial score (nSPS) is 15.4. The zero-order valence-corrected chi connectivity index (χ0v) is 20.1. The van der Waals surface area contributed by atoms with E-state index in [0.29, 0.717) is 12.5 Å². The summed E-state index contributed by atoms with van der Waals surface area (Å²) in [6.45, 7) is 9.63. The molecule has 0 atom stereocenters. The first kappa shape index (κ1) is 23.3. The Balaban J connectivity index is 1.51. The molecule has 1 aliphatic heterocycles. The first-order valence-corrected chi connectivity index (χ1v) is 12.0. The molecule has 0 aliphatic carbocycles. The average molecular weight is 449 g/mol. The largest absolute Gasteiger partial charge is 0.465 e. The van der Waals surface area contributed by atoms with E-state index in [4.69, 9.17) is 0 Å². The zero-order valence-electron chi connectivity index (χ0n) is 20.1. The van der Waals surface area contributed by atoms with Crippen LogP contribution in [0.5, 0.6) is 0 Å². The Kier molecular flexibility index (Phi) is 7.36. The van der Waals surface area contributed by atoms with E-state index in [1.165, 1.54) is 27.0 Å². The topological polar surface area (TPSA) is 62.8 Å². The number of rotatable bonds is 8. The number of aryl methyl sites for hydroxylation is 2. The van der Waals surface area contributed by atoms with Crippen molar-refractivity contribution in [2.24, 2.45) is 0 Å². The maximum atomic E-state index is 12.2. The molecule has 2 N–H and O–H groups in total. The molecular weight excluding hydrogens is 412 g/mol. The van der Waals surface area contributed by atoms with E-state index < -0.39 is 6.09 Å². The molecule has 1 saturated heterocycles. The number of benzene rings is 2. The molecule has 0 spiro atoms. The third-order valence-electron chi connectivity index (χ3n) is 6.80. The molecule has 33 heavy (non-hydrogen) atoms. The van der Waals surface area contributed by atoms with Gasteiger partial charge in [-0.1, -0.05) is 38.1 Å². The number of hydrogen-bond acceptors (Lipinski definition) is 3. The van der Waals surface area contributed by atoms with Crippen LogP contribution in [-0.2, 0) is 12.8 Å². The van der Waals surface area contributed by atoms with E-state index in [-0.39, 0.29) is 0 Å². The molecule has 0 unspecified atom stereocenters. The Labute approximate surface area is 196 Å². The van der Waals surface area contributed by atoms with Crippen molar-refractivity contribution in [2.45, 2.75) is 32.6 Å². The summed E-state index contributed by atoms with van der Waals surface area (Å²) in [5.41, 5.74) is 5.62. The molecule has 176 valence electrons. The van der Waals surface area contributed by atoms with Crippen LogP contribution in [0.2, 0.25) is 0 Å².